The predicted molar refractivity (Wildman–Crippen MR) is 89.3 cm³/mol. The Kier molecular flexibility index (Phi) is 4.60. The van der Waals surface area contributed by atoms with Crippen molar-refractivity contribution in [3.63, 3.8) is 0 Å². The monoisotopic (exact) mass is 341 g/mol. The van der Waals surface area contributed by atoms with Crippen molar-refractivity contribution < 1.29 is 8.42 Å². The Morgan fingerprint density at radius 1 is 1.33 bits per heavy atom. The summed E-state index contributed by atoms with van der Waals surface area (Å²) in [7, 11) is -3.63. The zero-order valence-corrected chi connectivity index (χ0v) is 14.0. The van der Waals surface area contributed by atoms with Gasteiger partial charge in [0.25, 0.3) is 10.0 Å². The first-order valence-electron chi connectivity index (χ1n) is 6.12. The molecule has 0 saturated heterocycles. The van der Waals surface area contributed by atoms with E-state index in [4.69, 9.17) is 18.0 Å². The second kappa shape index (κ2) is 6.08. The minimum atomic E-state index is -3.63. The maximum atomic E-state index is 12.3. The largest absolute Gasteiger partial charge is 0.393 e. The number of aromatic nitrogens is 1. The van der Waals surface area contributed by atoms with Crippen molar-refractivity contribution in [2.24, 2.45) is 5.73 Å². The van der Waals surface area contributed by atoms with Gasteiger partial charge < -0.3 is 5.73 Å². The lowest BCUT2D eigenvalue weighted by molar-refractivity contribution is 0.601. The molecular weight excluding hydrogens is 326 g/mol. The topological polar surface area (TPSA) is 85.1 Å². The van der Waals surface area contributed by atoms with E-state index < -0.39 is 10.0 Å². The average Bonchev–Trinajstić information content (AvgIpc) is 2.67. The summed E-state index contributed by atoms with van der Waals surface area (Å²) in [5, 5.41) is 0.372. The molecule has 21 heavy (non-hydrogen) atoms. The highest BCUT2D eigenvalue weighted by atomic mass is 32.2. The molecule has 2 rings (SSSR count). The van der Waals surface area contributed by atoms with E-state index in [1.54, 1.807) is 12.1 Å². The molecule has 0 saturated carbocycles. The molecule has 0 unspecified atom stereocenters. The number of thiocarbonyl (C=S) groups is 1. The lowest BCUT2D eigenvalue weighted by Gasteiger charge is -2.06. The van der Waals surface area contributed by atoms with Gasteiger partial charge in [0.05, 0.1) is 15.6 Å². The summed E-state index contributed by atoms with van der Waals surface area (Å²) in [6.07, 6.45) is 0.452. The van der Waals surface area contributed by atoms with Crippen LogP contribution in [0.5, 0.6) is 0 Å². The molecule has 8 heteroatoms. The van der Waals surface area contributed by atoms with Gasteiger partial charge >= 0.3 is 0 Å². The molecule has 2 aromatic rings. The van der Waals surface area contributed by atoms with Crippen LogP contribution in [0.2, 0.25) is 0 Å². The Morgan fingerprint density at radius 2 is 1.95 bits per heavy atom. The van der Waals surface area contributed by atoms with Gasteiger partial charge in [-0.15, -0.1) is 11.3 Å². The third-order valence-electron chi connectivity index (χ3n) is 2.86. The molecule has 1 aromatic carbocycles. The minimum Gasteiger partial charge on any atom is -0.393 e. The summed E-state index contributed by atoms with van der Waals surface area (Å²) in [6.45, 7) is 3.74. The fourth-order valence-electron chi connectivity index (χ4n) is 1.68. The van der Waals surface area contributed by atoms with Gasteiger partial charge in [-0.1, -0.05) is 24.4 Å². The van der Waals surface area contributed by atoms with Crippen LogP contribution >= 0.6 is 23.6 Å². The van der Waals surface area contributed by atoms with Gasteiger partial charge in [-0.3, -0.25) is 4.72 Å². The first-order chi connectivity index (χ1) is 9.78. The Morgan fingerprint density at radius 3 is 2.43 bits per heavy atom. The highest BCUT2D eigenvalue weighted by molar-refractivity contribution is 7.93. The number of anilines is 1. The van der Waals surface area contributed by atoms with Crippen LogP contribution in [0.3, 0.4) is 0 Å². The van der Waals surface area contributed by atoms with Crippen LogP contribution in [0.25, 0.3) is 0 Å². The van der Waals surface area contributed by atoms with Gasteiger partial charge in [0.2, 0.25) is 0 Å². The zero-order chi connectivity index (χ0) is 15.6. The molecule has 3 N–H and O–H groups in total. The van der Waals surface area contributed by atoms with E-state index in [1.165, 1.54) is 23.5 Å². The van der Waals surface area contributed by atoms with E-state index in [0.717, 1.165) is 16.1 Å². The summed E-state index contributed by atoms with van der Waals surface area (Å²) in [5.74, 6) is 0. The van der Waals surface area contributed by atoms with Crippen LogP contribution in [0.4, 0.5) is 5.13 Å². The van der Waals surface area contributed by atoms with Crippen molar-refractivity contribution in [2.45, 2.75) is 25.2 Å². The summed E-state index contributed by atoms with van der Waals surface area (Å²) < 4.78 is 27.0. The number of benzene rings is 1. The standard InChI is InChI=1S/C13H15N3O2S3/c1-8-9(2)20-13(15-8)16-21(17,18)11-5-3-10(4-6-11)7-12(14)19/h3-6H,7H2,1-2H3,(H2,14,19)(H,15,16). The SMILES string of the molecule is Cc1nc(NS(=O)(=O)c2ccc(CC(N)=S)cc2)sc1C. The van der Waals surface area contributed by atoms with E-state index >= 15 is 0 Å². The molecule has 0 atom stereocenters. The van der Waals surface area contributed by atoms with Crippen molar-refractivity contribution in [1.82, 2.24) is 4.98 Å². The van der Waals surface area contributed by atoms with E-state index in [0.29, 0.717) is 16.5 Å². The van der Waals surface area contributed by atoms with Crippen LogP contribution in [-0.4, -0.2) is 18.4 Å². The lowest BCUT2D eigenvalue weighted by Crippen LogP contribution is -2.14. The van der Waals surface area contributed by atoms with E-state index in [2.05, 4.69) is 9.71 Å². The zero-order valence-electron chi connectivity index (χ0n) is 11.6. The molecule has 0 aliphatic heterocycles. The van der Waals surface area contributed by atoms with Gasteiger partial charge in [-0.2, -0.15) is 0 Å². The molecule has 5 nitrogen and oxygen atoms in total. The quantitative estimate of drug-likeness (QED) is 0.816. The molecular formula is C13H15N3O2S3. The van der Waals surface area contributed by atoms with E-state index in [1.807, 2.05) is 13.8 Å². The number of thiazole rings is 1. The number of hydrogen-bond acceptors (Lipinski definition) is 5. The number of nitrogens with two attached hydrogens (primary N) is 1. The summed E-state index contributed by atoms with van der Waals surface area (Å²) in [6, 6.07) is 6.46. The molecule has 0 spiro atoms. The highest BCUT2D eigenvalue weighted by Crippen LogP contribution is 2.24. The van der Waals surface area contributed by atoms with Crippen LogP contribution in [0.15, 0.2) is 29.2 Å². The average molecular weight is 341 g/mol. The molecule has 1 aromatic heterocycles. The molecule has 0 fully saturated rings. The van der Waals surface area contributed by atoms with Crippen LogP contribution < -0.4 is 10.5 Å². The van der Waals surface area contributed by atoms with E-state index in [-0.39, 0.29) is 4.90 Å². The highest BCUT2D eigenvalue weighted by Gasteiger charge is 2.16. The molecule has 0 aliphatic carbocycles. The molecule has 0 radical (unpaired) electrons. The van der Waals surface area contributed by atoms with Crippen LogP contribution in [0.1, 0.15) is 16.1 Å². The van der Waals surface area contributed by atoms with Crippen LogP contribution in [-0.2, 0) is 16.4 Å². The number of sulfonamides is 1. The Balaban J connectivity index is 2.21. The maximum Gasteiger partial charge on any atom is 0.263 e. The number of aryl methyl sites for hydroxylation is 2. The second-order valence-corrected chi connectivity index (χ2v) is 7.96. The molecule has 0 aliphatic rings. The van der Waals surface area contributed by atoms with Crippen LogP contribution in [0, 0.1) is 13.8 Å². The van der Waals surface area contributed by atoms with Gasteiger partial charge in [0.1, 0.15) is 0 Å². The molecule has 1 heterocycles. The second-order valence-electron chi connectivity index (χ2n) is 4.55. The van der Waals surface area contributed by atoms with Crippen molar-refractivity contribution >= 4 is 43.7 Å². The van der Waals surface area contributed by atoms with Crippen molar-refractivity contribution in [1.29, 1.82) is 0 Å². The summed E-state index contributed by atoms with van der Waals surface area (Å²) in [5.41, 5.74) is 7.16. The van der Waals surface area contributed by atoms with Crippen molar-refractivity contribution in [3.8, 4) is 0 Å². The number of nitrogens with one attached hydrogen (secondary N) is 1. The van der Waals surface area contributed by atoms with Gasteiger partial charge in [-0.05, 0) is 31.5 Å². The molecule has 0 bridgehead atoms. The third-order valence-corrected chi connectivity index (χ3v) is 5.48. The third kappa shape index (κ3) is 3.99. The normalized spacial score (nSPS) is 11.3. The Bertz CT molecular complexity index is 745. The Hall–Kier alpha value is -1.51. The first kappa shape index (κ1) is 15.9. The molecule has 112 valence electrons. The number of hydrogen-bond donors (Lipinski definition) is 2. The number of rotatable bonds is 5. The summed E-state index contributed by atoms with van der Waals surface area (Å²) in [4.78, 5) is 5.71. The predicted octanol–water partition coefficient (Wildman–Crippen LogP) is 2.39. The van der Waals surface area contributed by atoms with E-state index in [9.17, 15) is 8.42 Å². The number of nitrogens with zero attached hydrogens (tertiary/aromatic N) is 1. The van der Waals surface area contributed by atoms with Gasteiger partial charge in [0.15, 0.2) is 5.13 Å². The van der Waals surface area contributed by atoms with Gasteiger partial charge in [-0.25, -0.2) is 13.4 Å². The first-order valence-corrected chi connectivity index (χ1v) is 8.83. The lowest BCUT2D eigenvalue weighted by atomic mass is 10.1. The van der Waals surface area contributed by atoms with Crippen molar-refractivity contribution in [2.75, 3.05) is 4.72 Å². The molecule has 0 amide bonds. The smallest absolute Gasteiger partial charge is 0.263 e. The van der Waals surface area contributed by atoms with Gasteiger partial charge in [0, 0.05) is 11.3 Å². The fourth-order valence-corrected chi connectivity index (χ4v) is 3.89. The van der Waals surface area contributed by atoms with Crippen molar-refractivity contribution in [3.05, 3.63) is 40.4 Å². The fraction of sp³-hybridized carbons (Fsp3) is 0.231. The Labute approximate surface area is 133 Å². The summed E-state index contributed by atoms with van der Waals surface area (Å²) >= 11 is 6.14. The maximum absolute atomic E-state index is 12.3. The minimum absolute atomic E-state index is 0.180.